The lowest BCUT2D eigenvalue weighted by Crippen LogP contribution is -2.25. The second-order valence-electron chi connectivity index (χ2n) is 7.68. The highest BCUT2D eigenvalue weighted by atomic mass is 35.5. The summed E-state index contributed by atoms with van der Waals surface area (Å²) in [6, 6.07) is 22.3. The molecule has 1 amide bonds. The summed E-state index contributed by atoms with van der Waals surface area (Å²) >= 11 is 7.36. The predicted octanol–water partition coefficient (Wildman–Crippen LogP) is 5.86. The van der Waals surface area contributed by atoms with E-state index in [1.165, 1.54) is 11.8 Å². The second-order valence-corrected chi connectivity index (χ2v) is 9.11. The first-order valence-corrected chi connectivity index (χ1v) is 12.6. The van der Waals surface area contributed by atoms with E-state index >= 15 is 0 Å². The molecule has 3 aromatic carbocycles. The van der Waals surface area contributed by atoms with Gasteiger partial charge in [0.05, 0.1) is 11.6 Å². The summed E-state index contributed by atoms with van der Waals surface area (Å²) in [5.41, 5.74) is 2.56. The molecule has 36 heavy (non-hydrogen) atoms. The van der Waals surface area contributed by atoms with Gasteiger partial charge in [0.25, 0.3) is 5.91 Å². The molecular formula is C27H24ClN3O4S. The molecule has 0 aliphatic carbocycles. The van der Waals surface area contributed by atoms with Crippen LogP contribution in [0.1, 0.15) is 18.1 Å². The summed E-state index contributed by atoms with van der Waals surface area (Å²) in [4.78, 5) is 13.1. The Balaban J connectivity index is 1.52. The van der Waals surface area contributed by atoms with Gasteiger partial charge in [-0.05, 0) is 66.6 Å². The van der Waals surface area contributed by atoms with Crippen LogP contribution in [0.2, 0.25) is 5.02 Å². The lowest BCUT2D eigenvalue weighted by molar-refractivity contribution is -0.117. The smallest absolute Gasteiger partial charge is 0.264 e. The number of nitrogens with one attached hydrogen (secondary N) is 2. The molecule has 0 saturated carbocycles. The van der Waals surface area contributed by atoms with Gasteiger partial charge in [-0.15, -0.1) is 11.8 Å². The van der Waals surface area contributed by atoms with Gasteiger partial charge in [0, 0.05) is 23.0 Å². The van der Waals surface area contributed by atoms with Crippen LogP contribution in [0.4, 0.5) is 5.69 Å². The summed E-state index contributed by atoms with van der Waals surface area (Å²) in [7, 11) is 0. The van der Waals surface area contributed by atoms with Gasteiger partial charge in [0.1, 0.15) is 17.4 Å². The number of anilines is 1. The normalized spacial score (nSPS) is 12.4. The minimum atomic E-state index is -0.479. The lowest BCUT2D eigenvalue weighted by Gasteiger charge is -2.14. The highest BCUT2D eigenvalue weighted by molar-refractivity contribution is 8.02. The number of nitriles is 1. The van der Waals surface area contributed by atoms with E-state index in [2.05, 4.69) is 16.7 Å². The van der Waals surface area contributed by atoms with E-state index in [9.17, 15) is 10.1 Å². The van der Waals surface area contributed by atoms with E-state index in [0.29, 0.717) is 33.9 Å². The molecular weight excluding hydrogens is 498 g/mol. The number of hydrogen-bond donors (Lipinski definition) is 2. The number of benzene rings is 3. The Bertz CT molecular complexity index is 1290. The number of fused-ring (bicyclic) bond motifs is 1. The van der Waals surface area contributed by atoms with Crippen LogP contribution in [0.3, 0.4) is 0 Å². The van der Waals surface area contributed by atoms with Crippen molar-refractivity contribution in [2.24, 2.45) is 0 Å². The predicted molar refractivity (Wildman–Crippen MR) is 141 cm³/mol. The van der Waals surface area contributed by atoms with Gasteiger partial charge in [-0.25, -0.2) is 0 Å². The standard InChI is InChI=1S/C27H24ClN3O4S/c1-2-33-22-10-8-21(9-11-22)31-27(36-16-18-3-6-20(28)7-4-18)23(14-29)26(32)30-15-19-5-12-24-25(13-19)35-17-34-24/h3-13,31H,2,15-17H2,1H3,(H,30,32)/b27-23+. The van der Waals surface area contributed by atoms with Crippen molar-refractivity contribution >= 4 is 35.0 Å². The van der Waals surface area contributed by atoms with E-state index < -0.39 is 5.91 Å². The largest absolute Gasteiger partial charge is 0.494 e. The summed E-state index contributed by atoms with van der Waals surface area (Å²) in [6.45, 7) is 2.90. The van der Waals surface area contributed by atoms with E-state index in [1.54, 1.807) is 6.07 Å². The zero-order valence-corrected chi connectivity index (χ0v) is 21.1. The molecule has 0 aromatic heterocycles. The summed E-state index contributed by atoms with van der Waals surface area (Å²) in [6.07, 6.45) is 0. The number of hydrogen-bond acceptors (Lipinski definition) is 7. The minimum absolute atomic E-state index is 0.0106. The molecule has 2 N–H and O–H groups in total. The molecule has 0 bridgehead atoms. The number of rotatable bonds is 10. The second kappa shape index (κ2) is 12.2. The summed E-state index contributed by atoms with van der Waals surface area (Å²) in [5.74, 6) is 2.10. The van der Waals surface area contributed by atoms with Crippen molar-refractivity contribution in [1.82, 2.24) is 5.32 Å². The Morgan fingerprint density at radius 1 is 1.06 bits per heavy atom. The molecule has 0 fully saturated rings. The summed E-state index contributed by atoms with van der Waals surface area (Å²) in [5, 5.41) is 17.1. The molecule has 0 saturated heterocycles. The fraction of sp³-hybridized carbons (Fsp3) is 0.185. The third-order valence-electron chi connectivity index (χ3n) is 5.18. The number of carbonyl (C=O) groups is 1. The van der Waals surface area contributed by atoms with Crippen molar-refractivity contribution < 1.29 is 19.0 Å². The van der Waals surface area contributed by atoms with Crippen molar-refractivity contribution in [3.63, 3.8) is 0 Å². The van der Waals surface area contributed by atoms with Crippen LogP contribution in [-0.4, -0.2) is 19.3 Å². The fourth-order valence-corrected chi connectivity index (χ4v) is 4.47. The minimum Gasteiger partial charge on any atom is -0.494 e. The van der Waals surface area contributed by atoms with E-state index in [0.717, 1.165) is 22.6 Å². The Hall–Kier alpha value is -3.80. The van der Waals surface area contributed by atoms with Gasteiger partial charge >= 0.3 is 0 Å². The number of nitrogens with zero attached hydrogens (tertiary/aromatic N) is 1. The highest BCUT2D eigenvalue weighted by Gasteiger charge is 2.18. The summed E-state index contributed by atoms with van der Waals surface area (Å²) < 4.78 is 16.2. The van der Waals surface area contributed by atoms with Crippen molar-refractivity contribution in [2.45, 2.75) is 19.2 Å². The maximum atomic E-state index is 13.1. The quantitative estimate of drug-likeness (QED) is 0.255. The maximum absolute atomic E-state index is 13.1. The van der Waals surface area contributed by atoms with Crippen LogP contribution in [0.25, 0.3) is 0 Å². The van der Waals surface area contributed by atoms with E-state index in [1.807, 2.05) is 67.6 Å². The van der Waals surface area contributed by atoms with Gasteiger partial charge in [-0.3, -0.25) is 4.79 Å². The molecule has 3 aromatic rings. The molecule has 7 nitrogen and oxygen atoms in total. The average molecular weight is 522 g/mol. The molecule has 0 atom stereocenters. The van der Waals surface area contributed by atoms with Crippen LogP contribution in [-0.2, 0) is 17.1 Å². The Morgan fingerprint density at radius 2 is 1.78 bits per heavy atom. The maximum Gasteiger partial charge on any atom is 0.264 e. The Labute approximate surface area is 219 Å². The molecule has 0 spiro atoms. The molecule has 4 rings (SSSR count). The molecule has 0 radical (unpaired) electrons. The SMILES string of the molecule is CCOc1ccc(N/C(SCc2ccc(Cl)cc2)=C(/C#N)C(=O)NCc2ccc3c(c2)OCO3)cc1. The van der Waals surface area contributed by atoms with E-state index in [-0.39, 0.29) is 18.9 Å². The Morgan fingerprint density at radius 3 is 2.50 bits per heavy atom. The van der Waals surface area contributed by atoms with E-state index in [4.69, 9.17) is 25.8 Å². The Kier molecular flexibility index (Phi) is 8.61. The van der Waals surface area contributed by atoms with Crippen LogP contribution in [0, 0.1) is 11.3 Å². The topological polar surface area (TPSA) is 92.6 Å². The monoisotopic (exact) mass is 521 g/mol. The zero-order chi connectivity index (χ0) is 25.3. The number of amides is 1. The van der Waals surface area contributed by atoms with Gasteiger partial charge < -0.3 is 24.8 Å². The molecule has 0 unspecified atom stereocenters. The molecule has 1 aliphatic heterocycles. The van der Waals surface area contributed by atoms with Gasteiger partial charge in [0.15, 0.2) is 11.5 Å². The van der Waals surface area contributed by atoms with Crippen LogP contribution in [0.5, 0.6) is 17.2 Å². The first-order valence-electron chi connectivity index (χ1n) is 11.2. The first-order chi connectivity index (χ1) is 17.6. The van der Waals surface area contributed by atoms with Gasteiger partial charge in [0.2, 0.25) is 6.79 Å². The van der Waals surface area contributed by atoms with Crippen molar-refractivity contribution in [3.05, 3.63) is 93.5 Å². The molecule has 9 heteroatoms. The number of thioether (sulfide) groups is 1. The zero-order valence-electron chi connectivity index (χ0n) is 19.5. The first kappa shape index (κ1) is 25.3. The average Bonchev–Trinajstić information content (AvgIpc) is 3.36. The van der Waals surface area contributed by atoms with Crippen molar-refractivity contribution in [1.29, 1.82) is 5.26 Å². The molecule has 1 aliphatic rings. The van der Waals surface area contributed by atoms with Crippen LogP contribution < -0.4 is 24.8 Å². The third-order valence-corrected chi connectivity index (χ3v) is 6.50. The number of ether oxygens (including phenoxy) is 3. The number of halogens is 1. The molecule has 184 valence electrons. The van der Waals surface area contributed by atoms with Crippen molar-refractivity contribution in [2.75, 3.05) is 18.7 Å². The van der Waals surface area contributed by atoms with Gasteiger partial charge in [-0.1, -0.05) is 29.8 Å². The van der Waals surface area contributed by atoms with Crippen LogP contribution in [0.15, 0.2) is 77.3 Å². The van der Waals surface area contributed by atoms with Crippen LogP contribution >= 0.6 is 23.4 Å². The number of carbonyl (C=O) groups excluding carboxylic acids is 1. The molecule has 1 heterocycles. The fourth-order valence-electron chi connectivity index (χ4n) is 3.37. The highest BCUT2D eigenvalue weighted by Crippen LogP contribution is 2.32. The van der Waals surface area contributed by atoms with Gasteiger partial charge in [-0.2, -0.15) is 5.26 Å². The third kappa shape index (κ3) is 6.66. The lowest BCUT2D eigenvalue weighted by atomic mass is 10.2. The van der Waals surface area contributed by atoms with Crippen molar-refractivity contribution in [3.8, 4) is 23.3 Å².